The second-order valence-electron chi connectivity index (χ2n) is 5.77. The van der Waals surface area contributed by atoms with E-state index in [1.54, 1.807) is 4.31 Å². The zero-order valence-corrected chi connectivity index (χ0v) is 11.8. The molecule has 0 aromatic carbocycles. The second-order valence-corrected chi connectivity index (χ2v) is 7.52. The van der Waals surface area contributed by atoms with Crippen molar-refractivity contribution in [3.05, 3.63) is 0 Å². The molecule has 6 heteroatoms. The lowest BCUT2D eigenvalue weighted by molar-refractivity contribution is 0.177. The topological polar surface area (TPSA) is 69.6 Å². The molecule has 0 radical (unpaired) electrons. The predicted molar refractivity (Wildman–Crippen MR) is 70.2 cm³/mol. The third-order valence-electron chi connectivity index (χ3n) is 4.15. The van der Waals surface area contributed by atoms with Crippen LogP contribution in [0.25, 0.3) is 0 Å². The molecule has 0 bridgehead atoms. The van der Waals surface area contributed by atoms with Gasteiger partial charge in [-0.15, -0.1) is 0 Å². The van der Waals surface area contributed by atoms with E-state index in [-0.39, 0.29) is 6.10 Å². The van der Waals surface area contributed by atoms with Gasteiger partial charge in [-0.05, 0) is 43.9 Å². The molecule has 0 aromatic rings. The minimum atomic E-state index is -3.31. The van der Waals surface area contributed by atoms with Crippen LogP contribution in [0.1, 0.15) is 39.0 Å². The van der Waals surface area contributed by atoms with Gasteiger partial charge in [0, 0.05) is 19.6 Å². The van der Waals surface area contributed by atoms with Crippen molar-refractivity contribution in [1.82, 2.24) is 9.03 Å². The number of nitrogens with one attached hydrogen (secondary N) is 1. The predicted octanol–water partition coefficient (Wildman–Crippen LogP) is 0.714. The highest BCUT2D eigenvalue weighted by Crippen LogP contribution is 2.25. The zero-order valence-electron chi connectivity index (χ0n) is 11.0. The highest BCUT2D eigenvalue weighted by atomic mass is 32.2. The van der Waals surface area contributed by atoms with Crippen LogP contribution in [0.3, 0.4) is 0 Å². The van der Waals surface area contributed by atoms with E-state index in [9.17, 15) is 13.5 Å². The molecule has 106 valence electrons. The van der Waals surface area contributed by atoms with Crippen LogP contribution >= 0.6 is 0 Å². The lowest BCUT2D eigenvalue weighted by Crippen LogP contribution is -2.45. The van der Waals surface area contributed by atoms with Crippen molar-refractivity contribution >= 4 is 10.2 Å². The molecule has 0 aromatic heterocycles. The summed E-state index contributed by atoms with van der Waals surface area (Å²) in [5.41, 5.74) is 0. The molecule has 1 aliphatic heterocycles. The average Bonchev–Trinajstić information content (AvgIpc) is 2.73. The van der Waals surface area contributed by atoms with Crippen LogP contribution in [0.4, 0.5) is 0 Å². The van der Waals surface area contributed by atoms with Gasteiger partial charge in [-0.1, -0.05) is 6.92 Å². The van der Waals surface area contributed by atoms with E-state index in [0.717, 1.165) is 32.1 Å². The summed E-state index contributed by atoms with van der Waals surface area (Å²) in [4.78, 5) is 0. The first-order chi connectivity index (χ1) is 8.47. The molecular formula is C12H24N2O3S. The first-order valence-corrected chi connectivity index (χ1v) is 8.34. The summed E-state index contributed by atoms with van der Waals surface area (Å²) >= 11 is 0. The Morgan fingerprint density at radius 2 is 1.89 bits per heavy atom. The summed E-state index contributed by atoms with van der Waals surface area (Å²) in [7, 11) is -3.31. The van der Waals surface area contributed by atoms with E-state index >= 15 is 0 Å². The van der Waals surface area contributed by atoms with Crippen molar-refractivity contribution in [3.63, 3.8) is 0 Å². The van der Waals surface area contributed by atoms with Gasteiger partial charge in [0.2, 0.25) is 0 Å². The quantitative estimate of drug-likeness (QED) is 0.794. The monoisotopic (exact) mass is 276 g/mol. The van der Waals surface area contributed by atoms with Crippen LogP contribution < -0.4 is 4.72 Å². The summed E-state index contributed by atoms with van der Waals surface area (Å²) in [6, 6.07) is 0. The summed E-state index contributed by atoms with van der Waals surface area (Å²) in [5, 5.41) is 9.42. The van der Waals surface area contributed by atoms with Gasteiger partial charge in [0.25, 0.3) is 10.2 Å². The third-order valence-corrected chi connectivity index (χ3v) is 5.73. The highest BCUT2D eigenvalue weighted by Gasteiger charge is 2.28. The molecule has 0 spiro atoms. The molecule has 1 saturated heterocycles. The minimum absolute atomic E-state index is 0.240. The Balaban J connectivity index is 1.80. The maximum Gasteiger partial charge on any atom is 0.279 e. The first-order valence-electron chi connectivity index (χ1n) is 6.90. The van der Waals surface area contributed by atoms with Gasteiger partial charge >= 0.3 is 0 Å². The number of aliphatic hydroxyl groups excluding tert-OH is 1. The van der Waals surface area contributed by atoms with Gasteiger partial charge in [-0.25, -0.2) is 4.72 Å². The van der Waals surface area contributed by atoms with E-state index in [4.69, 9.17) is 0 Å². The number of rotatable bonds is 4. The smallest absolute Gasteiger partial charge is 0.279 e. The lowest BCUT2D eigenvalue weighted by Gasteiger charge is -2.29. The van der Waals surface area contributed by atoms with E-state index in [0.29, 0.717) is 31.5 Å². The van der Waals surface area contributed by atoms with Crippen LogP contribution in [0.5, 0.6) is 0 Å². The van der Waals surface area contributed by atoms with E-state index in [1.165, 1.54) is 0 Å². The second kappa shape index (κ2) is 5.86. The first kappa shape index (κ1) is 14.2. The fourth-order valence-corrected chi connectivity index (χ4v) is 4.09. The minimum Gasteiger partial charge on any atom is -0.393 e. The Morgan fingerprint density at radius 3 is 2.44 bits per heavy atom. The van der Waals surface area contributed by atoms with Crippen LogP contribution in [0.2, 0.25) is 0 Å². The van der Waals surface area contributed by atoms with Gasteiger partial charge in [0.05, 0.1) is 6.10 Å². The summed E-state index contributed by atoms with van der Waals surface area (Å²) < 4.78 is 28.4. The maximum absolute atomic E-state index is 12.1. The van der Waals surface area contributed by atoms with Crippen LogP contribution in [-0.4, -0.2) is 43.6 Å². The molecule has 2 rings (SSSR count). The van der Waals surface area contributed by atoms with Crippen molar-refractivity contribution < 1.29 is 13.5 Å². The van der Waals surface area contributed by atoms with Gasteiger partial charge in [0.15, 0.2) is 0 Å². The van der Waals surface area contributed by atoms with Crippen LogP contribution in [-0.2, 0) is 10.2 Å². The fourth-order valence-electron chi connectivity index (χ4n) is 2.77. The standard InChI is InChI=1S/C12H24N2O3S/c1-10-4-6-14(7-5-10)18(16,17)13-9-11-2-3-12(15)8-11/h10-13,15H,2-9H2,1H3. The van der Waals surface area contributed by atoms with Crippen molar-refractivity contribution in [1.29, 1.82) is 0 Å². The van der Waals surface area contributed by atoms with Crippen LogP contribution in [0.15, 0.2) is 0 Å². The number of hydrogen-bond donors (Lipinski definition) is 2. The SMILES string of the molecule is CC1CCN(S(=O)(=O)NCC2CCC(O)C2)CC1. The van der Waals surface area contributed by atoms with Gasteiger partial charge in [-0.2, -0.15) is 12.7 Å². The molecule has 2 N–H and O–H groups in total. The molecule has 2 atom stereocenters. The Hall–Kier alpha value is -0.170. The molecule has 2 unspecified atom stereocenters. The third kappa shape index (κ3) is 3.66. The maximum atomic E-state index is 12.1. The van der Waals surface area contributed by atoms with Gasteiger partial charge in [-0.3, -0.25) is 0 Å². The van der Waals surface area contributed by atoms with Crippen molar-refractivity contribution in [2.24, 2.45) is 11.8 Å². The molecule has 18 heavy (non-hydrogen) atoms. The summed E-state index contributed by atoms with van der Waals surface area (Å²) in [5.74, 6) is 0.917. The van der Waals surface area contributed by atoms with Gasteiger partial charge in [0.1, 0.15) is 0 Å². The molecule has 2 aliphatic rings. The normalized spacial score (nSPS) is 31.9. The van der Waals surface area contributed by atoms with Crippen molar-refractivity contribution in [2.75, 3.05) is 19.6 Å². The number of nitrogens with zero attached hydrogens (tertiary/aromatic N) is 1. The van der Waals surface area contributed by atoms with Crippen molar-refractivity contribution in [2.45, 2.75) is 45.1 Å². The number of piperidine rings is 1. The highest BCUT2D eigenvalue weighted by molar-refractivity contribution is 7.87. The number of hydrogen-bond acceptors (Lipinski definition) is 3. The lowest BCUT2D eigenvalue weighted by atomic mass is 10.0. The van der Waals surface area contributed by atoms with Crippen molar-refractivity contribution in [3.8, 4) is 0 Å². The summed E-state index contributed by atoms with van der Waals surface area (Å²) in [6.45, 7) is 3.89. The Labute approximate surface area is 110 Å². The molecule has 0 amide bonds. The van der Waals surface area contributed by atoms with Crippen LogP contribution in [0, 0.1) is 11.8 Å². The molecular weight excluding hydrogens is 252 g/mol. The van der Waals surface area contributed by atoms with E-state index in [1.807, 2.05) is 0 Å². The Kier molecular flexibility index (Phi) is 4.64. The molecule has 2 fully saturated rings. The molecule has 1 heterocycles. The summed E-state index contributed by atoms with van der Waals surface area (Å²) in [6.07, 6.45) is 4.09. The Bertz CT molecular complexity index is 364. The molecule has 5 nitrogen and oxygen atoms in total. The molecule has 1 saturated carbocycles. The number of aliphatic hydroxyl groups is 1. The van der Waals surface area contributed by atoms with Gasteiger partial charge < -0.3 is 5.11 Å². The Morgan fingerprint density at radius 1 is 1.22 bits per heavy atom. The fraction of sp³-hybridized carbons (Fsp3) is 1.00. The average molecular weight is 276 g/mol. The van der Waals surface area contributed by atoms with E-state index < -0.39 is 10.2 Å². The molecule has 1 aliphatic carbocycles. The zero-order chi connectivity index (χ0) is 13.2. The largest absolute Gasteiger partial charge is 0.393 e. The van der Waals surface area contributed by atoms with E-state index in [2.05, 4.69) is 11.6 Å².